The van der Waals surface area contributed by atoms with Crippen LogP contribution < -0.4 is 4.72 Å². The number of aromatic nitrogens is 1. The number of hydrogen-bond donors (Lipinski definition) is 1. The number of ether oxygens (including phenoxy) is 1. The molecule has 0 aliphatic rings. The molecule has 1 aromatic heterocycles. The van der Waals surface area contributed by atoms with Crippen molar-refractivity contribution < 1.29 is 17.9 Å². The summed E-state index contributed by atoms with van der Waals surface area (Å²) in [5, 5.41) is 0. The molecule has 6 nitrogen and oxygen atoms in total. The Morgan fingerprint density at radius 3 is 2.58 bits per heavy atom. The standard InChI is InChI=1S/C17H22N2O4S/c1-5-23-17(20)15-10-16(13(3)19(15)4)24(21,22)18-11-14-8-6-7-12(2)9-14/h6-10,18H,5,11H2,1-4H3. The first-order chi connectivity index (χ1) is 11.3. The molecule has 0 bridgehead atoms. The maximum absolute atomic E-state index is 12.6. The van der Waals surface area contributed by atoms with Gasteiger partial charge in [-0.05, 0) is 32.4 Å². The third-order valence-corrected chi connectivity index (χ3v) is 5.33. The van der Waals surface area contributed by atoms with Crippen LogP contribution in [0.15, 0.2) is 35.2 Å². The molecule has 1 N–H and O–H groups in total. The predicted octanol–water partition coefficient (Wildman–Crippen LogP) is 2.30. The molecule has 0 unspecified atom stereocenters. The molecule has 1 heterocycles. The number of carbonyl (C=O) groups excluding carboxylic acids is 1. The van der Waals surface area contributed by atoms with Gasteiger partial charge in [0.15, 0.2) is 0 Å². The van der Waals surface area contributed by atoms with Gasteiger partial charge in [-0.1, -0.05) is 29.8 Å². The van der Waals surface area contributed by atoms with Crippen LogP contribution in [0.2, 0.25) is 0 Å². The quantitative estimate of drug-likeness (QED) is 0.811. The Morgan fingerprint density at radius 2 is 1.96 bits per heavy atom. The van der Waals surface area contributed by atoms with Crippen molar-refractivity contribution in [2.24, 2.45) is 7.05 Å². The zero-order valence-electron chi connectivity index (χ0n) is 14.3. The lowest BCUT2D eigenvalue weighted by Crippen LogP contribution is -2.23. The largest absolute Gasteiger partial charge is 0.461 e. The van der Waals surface area contributed by atoms with E-state index in [1.54, 1.807) is 20.9 Å². The third kappa shape index (κ3) is 3.85. The highest BCUT2D eigenvalue weighted by atomic mass is 32.2. The first-order valence-electron chi connectivity index (χ1n) is 7.65. The van der Waals surface area contributed by atoms with E-state index in [0.29, 0.717) is 5.69 Å². The lowest BCUT2D eigenvalue weighted by molar-refractivity contribution is 0.0515. The fourth-order valence-corrected chi connectivity index (χ4v) is 3.73. The maximum Gasteiger partial charge on any atom is 0.354 e. The first-order valence-corrected chi connectivity index (χ1v) is 9.13. The van der Waals surface area contributed by atoms with Crippen molar-refractivity contribution in [2.45, 2.75) is 32.2 Å². The van der Waals surface area contributed by atoms with Crippen molar-refractivity contribution in [1.29, 1.82) is 0 Å². The molecule has 0 atom stereocenters. The number of nitrogens with zero attached hydrogens (tertiary/aromatic N) is 1. The van der Waals surface area contributed by atoms with Gasteiger partial charge in [-0.15, -0.1) is 0 Å². The lowest BCUT2D eigenvalue weighted by atomic mass is 10.1. The smallest absolute Gasteiger partial charge is 0.354 e. The monoisotopic (exact) mass is 350 g/mol. The number of sulfonamides is 1. The number of hydrogen-bond acceptors (Lipinski definition) is 4. The van der Waals surface area contributed by atoms with Crippen LogP contribution in [0.5, 0.6) is 0 Å². The highest BCUT2D eigenvalue weighted by Crippen LogP contribution is 2.20. The van der Waals surface area contributed by atoms with Crippen LogP contribution in [-0.2, 0) is 28.4 Å². The van der Waals surface area contributed by atoms with Crippen LogP contribution in [0.4, 0.5) is 0 Å². The zero-order chi connectivity index (χ0) is 17.9. The summed E-state index contributed by atoms with van der Waals surface area (Å²) >= 11 is 0. The Labute approximate surface area is 142 Å². The molecule has 7 heteroatoms. The van der Waals surface area contributed by atoms with E-state index >= 15 is 0 Å². The second kappa shape index (κ2) is 7.19. The Bertz CT molecular complexity index is 853. The summed E-state index contributed by atoms with van der Waals surface area (Å²) in [6.45, 7) is 5.73. The lowest BCUT2D eigenvalue weighted by Gasteiger charge is -2.08. The van der Waals surface area contributed by atoms with E-state index in [4.69, 9.17) is 4.74 Å². The van der Waals surface area contributed by atoms with Crippen molar-refractivity contribution in [3.63, 3.8) is 0 Å². The van der Waals surface area contributed by atoms with Gasteiger partial charge >= 0.3 is 5.97 Å². The van der Waals surface area contributed by atoms with Crippen LogP contribution >= 0.6 is 0 Å². The van der Waals surface area contributed by atoms with Gasteiger partial charge in [-0.2, -0.15) is 0 Å². The second-order valence-corrected chi connectivity index (χ2v) is 7.31. The molecule has 0 aliphatic heterocycles. The van der Waals surface area contributed by atoms with Crippen molar-refractivity contribution in [2.75, 3.05) is 6.61 Å². The molecular formula is C17H22N2O4S. The van der Waals surface area contributed by atoms with Gasteiger partial charge in [-0.25, -0.2) is 17.9 Å². The SMILES string of the molecule is CCOC(=O)c1cc(S(=O)(=O)NCc2cccc(C)c2)c(C)n1C. The maximum atomic E-state index is 12.6. The van der Waals surface area contributed by atoms with E-state index in [1.165, 1.54) is 10.6 Å². The molecule has 0 amide bonds. The summed E-state index contributed by atoms with van der Waals surface area (Å²) in [5.74, 6) is -0.539. The summed E-state index contributed by atoms with van der Waals surface area (Å²) in [6.07, 6.45) is 0. The van der Waals surface area contributed by atoms with Gasteiger partial charge in [0.2, 0.25) is 10.0 Å². The molecule has 0 saturated carbocycles. The van der Waals surface area contributed by atoms with E-state index in [2.05, 4.69) is 4.72 Å². The summed E-state index contributed by atoms with van der Waals surface area (Å²) in [4.78, 5) is 12.0. The Kier molecular flexibility index (Phi) is 5.46. The Hall–Kier alpha value is -2.12. The van der Waals surface area contributed by atoms with Gasteiger partial charge in [-0.3, -0.25) is 0 Å². The normalized spacial score (nSPS) is 11.5. The average molecular weight is 350 g/mol. The summed E-state index contributed by atoms with van der Waals surface area (Å²) in [7, 11) is -2.09. The minimum absolute atomic E-state index is 0.0840. The van der Waals surface area contributed by atoms with Crippen LogP contribution in [0, 0.1) is 13.8 Å². The molecule has 2 rings (SSSR count). The molecule has 0 saturated heterocycles. The van der Waals surface area contributed by atoms with Crippen molar-refractivity contribution in [3.05, 3.63) is 52.8 Å². The number of carbonyl (C=O) groups is 1. The minimum atomic E-state index is -3.73. The minimum Gasteiger partial charge on any atom is -0.461 e. The number of rotatable bonds is 6. The molecule has 130 valence electrons. The fourth-order valence-electron chi connectivity index (χ4n) is 2.42. The fraction of sp³-hybridized carbons (Fsp3) is 0.353. The summed E-state index contributed by atoms with van der Waals surface area (Å²) in [5.41, 5.74) is 2.63. The molecule has 2 aromatic rings. The molecule has 1 aromatic carbocycles. The predicted molar refractivity (Wildman–Crippen MR) is 91.3 cm³/mol. The highest BCUT2D eigenvalue weighted by molar-refractivity contribution is 7.89. The van der Waals surface area contributed by atoms with Gasteiger partial charge < -0.3 is 9.30 Å². The van der Waals surface area contributed by atoms with Crippen LogP contribution in [-0.4, -0.2) is 25.6 Å². The van der Waals surface area contributed by atoms with Gasteiger partial charge in [0.05, 0.1) is 6.61 Å². The van der Waals surface area contributed by atoms with Crippen molar-refractivity contribution in [1.82, 2.24) is 9.29 Å². The van der Waals surface area contributed by atoms with Crippen molar-refractivity contribution in [3.8, 4) is 0 Å². The number of aryl methyl sites for hydroxylation is 1. The first kappa shape index (κ1) is 18.2. The average Bonchev–Trinajstić information content (AvgIpc) is 2.83. The molecule has 0 radical (unpaired) electrons. The van der Waals surface area contributed by atoms with E-state index in [0.717, 1.165) is 11.1 Å². The van der Waals surface area contributed by atoms with Gasteiger partial charge in [0.1, 0.15) is 10.6 Å². The van der Waals surface area contributed by atoms with Crippen LogP contribution in [0.25, 0.3) is 0 Å². The zero-order valence-corrected chi connectivity index (χ0v) is 15.1. The molecule has 0 spiro atoms. The van der Waals surface area contributed by atoms with E-state index in [-0.39, 0.29) is 23.7 Å². The van der Waals surface area contributed by atoms with E-state index < -0.39 is 16.0 Å². The molecule has 0 aliphatic carbocycles. The van der Waals surface area contributed by atoms with Gasteiger partial charge in [0.25, 0.3) is 0 Å². The highest BCUT2D eigenvalue weighted by Gasteiger charge is 2.24. The van der Waals surface area contributed by atoms with E-state index in [1.807, 2.05) is 31.2 Å². The third-order valence-electron chi connectivity index (χ3n) is 3.81. The Balaban J connectivity index is 2.26. The van der Waals surface area contributed by atoms with Gasteiger partial charge in [0, 0.05) is 19.3 Å². The molecule has 0 fully saturated rings. The number of esters is 1. The topological polar surface area (TPSA) is 77.4 Å². The number of benzene rings is 1. The van der Waals surface area contributed by atoms with E-state index in [9.17, 15) is 13.2 Å². The number of nitrogens with one attached hydrogen (secondary N) is 1. The summed E-state index contributed by atoms with van der Waals surface area (Å²) in [6, 6.07) is 8.96. The second-order valence-electron chi connectivity index (χ2n) is 5.57. The Morgan fingerprint density at radius 1 is 1.25 bits per heavy atom. The van der Waals surface area contributed by atoms with Crippen LogP contribution in [0.3, 0.4) is 0 Å². The van der Waals surface area contributed by atoms with Crippen LogP contribution in [0.1, 0.15) is 34.2 Å². The van der Waals surface area contributed by atoms with Crippen molar-refractivity contribution >= 4 is 16.0 Å². The molecular weight excluding hydrogens is 328 g/mol. The summed E-state index contributed by atoms with van der Waals surface area (Å²) < 4.78 is 34.2. The molecule has 24 heavy (non-hydrogen) atoms.